The average Bonchev–Trinajstić information content (AvgIpc) is 3.20. The summed E-state index contributed by atoms with van der Waals surface area (Å²) >= 11 is 0. The maximum Gasteiger partial charge on any atom is 0.355 e. The minimum atomic E-state index is -0.692. The molecule has 148 valence electrons. The van der Waals surface area contributed by atoms with Crippen LogP contribution in [0.15, 0.2) is 36.5 Å². The normalized spacial score (nSPS) is 15.0. The third-order valence-corrected chi connectivity index (χ3v) is 4.36. The van der Waals surface area contributed by atoms with Crippen molar-refractivity contribution in [3.8, 4) is 11.5 Å². The van der Waals surface area contributed by atoms with Crippen LogP contribution in [-0.2, 0) is 9.53 Å². The third kappa shape index (κ3) is 4.51. The second kappa shape index (κ2) is 8.60. The molecule has 3 rings (SSSR count). The Morgan fingerprint density at radius 3 is 2.68 bits per heavy atom. The van der Waals surface area contributed by atoms with E-state index >= 15 is 0 Å². The van der Waals surface area contributed by atoms with Crippen molar-refractivity contribution in [3.63, 3.8) is 0 Å². The summed E-state index contributed by atoms with van der Waals surface area (Å²) in [7, 11) is 0. The second-order valence-electron chi connectivity index (χ2n) is 6.36. The summed E-state index contributed by atoms with van der Waals surface area (Å²) in [5, 5.41) is 0. The number of amides is 1. The summed E-state index contributed by atoms with van der Waals surface area (Å²) in [5.74, 6) is 0.124. The van der Waals surface area contributed by atoms with Gasteiger partial charge in [-0.25, -0.2) is 4.79 Å². The van der Waals surface area contributed by atoms with E-state index in [-0.39, 0.29) is 23.5 Å². The van der Waals surface area contributed by atoms with E-state index in [4.69, 9.17) is 14.2 Å². The summed E-state index contributed by atoms with van der Waals surface area (Å²) < 4.78 is 16.6. The molecular weight excluding hydrogens is 364 g/mol. The zero-order chi connectivity index (χ0) is 20.1. The SMILES string of the molecule is CCN(CC1COc2ccccc2O1)C(=O)COC(=O)c1cc(C(C)=O)c[nH]1. The standard InChI is InChI=1S/C20H22N2O6/c1-3-22(10-15-11-26-17-6-4-5-7-18(17)28-15)19(24)12-27-20(25)16-8-14(9-21-16)13(2)23/h4-9,15,21H,3,10-12H2,1-2H3. The van der Waals surface area contributed by atoms with E-state index in [1.165, 1.54) is 19.2 Å². The molecule has 8 nitrogen and oxygen atoms in total. The van der Waals surface area contributed by atoms with Crippen LogP contribution in [0, 0.1) is 0 Å². The van der Waals surface area contributed by atoms with Gasteiger partial charge in [0.05, 0.1) is 6.54 Å². The number of likely N-dealkylation sites (N-methyl/N-ethyl adjacent to an activating group) is 1. The summed E-state index contributed by atoms with van der Waals surface area (Å²) in [5.41, 5.74) is 0.504. The molecule has 0 bridgehead atoms. The van der Waals surface area contributed by atoms with E-state index in [1.807, 2.05) is 31.2 Å². The Morgan fingerprint density at radius 1 is 1.25 bits per heavy atom. The molecule has 1 aliphatic heterocycles. The summed E-state index contributed by atoms with van der Waals surface area (Å²) in [6, 6.07) is 8.75. The number of aromatic nitrogens is 1. The number of ether oxygens (including phenoxy) is 3. The number of esters is 1. The topological polar surface area (TPSA) is 97.9 Å². The lowest BCUT2D eigenvalue weighted by Gasteiger charge is -2.30. The highest BCUT2D eigenvalue weighted by Crippen LogP contribution is 2.31. The molecule has 0 aliphatic carbocycles. The molecule has 1 aromatic carbocycles. The van der Waals surface area contributed by atoms with Crippen molar-refractivity contribution in [1.29, 1.82) is 0 Å². The number of hydrogen-bond acceptors (Lipinski definition) is 6. The smallest absolute Gasteiger partial charge is 0.355 e. The lowest BCUT2D eigenvalue weighted by molar-refractivity contribution is -0.135. The fourth-order valence-corrected chi connectivity index (χ4v) is 2.82. The molecule has 0 spiro atoms. The number of para-hydroxylation sites is 2. The molecule has 0 fully saturated rings. The highest BCUT2D eigenvalue weighted by molar-refractivity contribution is 5.97. The van der Waals surface area contributed by atoms with Crippen molar-refractivity contribution >= 4 is 17.7 Å². The van der Waals surface area contributed by atoms with Crippen LogP contribution in [0.5, 0.6) is 11.5 Å². The van der Waals surface area contributed by atoms with Gasteiger partial charge in [0, 0.05) is 18.3 Å². The number of benzene rings is 1. The van der Waals surface area contributed by atoms with E-state index in [9.17, 15) is 14.4 Å². The Morgan fingerprint density at radius 2 is 2.00 bits per heavy atom. The predicted octanol–water partition coefficient (Wildman–Crippen LogP) is 2.06. The molecule has 0 saturated carbocycles. The van der Waals surface area contributed by atoms with Gasteiger partial charge in [-0.05, 0) is 32.0 Å². The Kier molecular flexibility index (Phi) is 5.98. The molecule has 2 aromatic rings. The molecule has 2 heterocycles. The quantitative estimate of drug-likeness (QED) is 0.578. The van der Waals surface area contributed by atoms with Crippen molar-refractivity contribution in [2.45, 2.75) is 20.0 Å². The van der Waals surface area contributed by atoms with Crippen LogP contribution in [0.4, 0.5) is 0 Å². The highest BCUT2D eigenvalue weighted by atomic mass is 16.6. The molecule has 1 amide bonds. The highest BCUT2D eigenvalue weighted by Gasteiger charge is 2.25. The van der Waals surface area contributed by atoms with Crippen molar-refractivity contribution in [2.75, 3.05) is 26.3 Å². The van der Waals surface area contributed by atoms with Gasteiger partial charge in [-0.2, -0.15) is 0 Å². The first-order chi connectivity index (χ1) is 13.5. The van der Waals surface area contributed by atoms with Crippen LogP contribution in [0.3, 0.4) is 0 Å². The number of H-pyrrole nitrogens is 1. The van der Waals surface area contributed by atoms with Crippen LogP contribution >= 0.6 is 0 Å². The fourth-order valence-electron chi connectivity index (χ4n) is 2.82. The van der Waals surface area contributed by atoms with Gasteiger partial charge in [0.15, 0.2) is 30.0 Å². The molecule has 1 aromatic heterocycles. The van der Waals surface area contributed by atoms with Gasteiger partial charge in [-0.1, -0.05) is 12.1 Å². The minimum Gasteiger partial charge on any atom is -0.486 e. The van der Waals surface area contributed by atoms with Gasteiger partial charge in [-0.15, -0.1) is 0 Å². The Balaban J connectivity index is 1.52. The Bertz CT molecular complexity index is 875. The number of nitrogens with one attached hydrogen (secondary N) is 1. The monoisotopic (exact) mass is 386 g/mol. The molecule has 8 heteroatoms. The number of Topliss-reactive ketones (excluding diaryl/α,β-unsaturated/α-hetero) is 1. The average molecular weight is 386 g/mol. The number of rotatable bonds is 7. The largest absolute Gasteiger partial charge is 0.486 e. The molecule has 1 unspecified atom stereocenters. The molecule has 1 aliphatic rings. The van der Waals surface area contributed by atoms with E-state index in [2.05, 4.69) is 4.98 Å². The van der Waals surface area contributed by atoms with Crippen LogP contribution in [0.25, 0.3) is 0 Å². The van der Waals surface area contributed by atoms with Gasteiger partial charge >= 0.3 is 5.97 Å². The molecule has 1 N–H and O–H groups in total. The first-order valence-corrected chi connectivity index (χ1v) is 9.00. The van der Waals surface area contributed by atoms with Gasteiger partial charge in [0.25, 0.3) is 5.91 Å². The van der Waals surface area contributed by atoms with E-state index < -0.39 is 12.6 Å². The van der Waals surface area contributed by atoms with Gasteiger partial charge in [0.2, 0.25) is 0 Å². The molecule has 0 saturated heterocycles. The molecule has 0 radical (unpaired) electrons. The number of carbonyl (C=O) groups is 3. The fraction of sp³-hybridized carbons (Fsp3) is 0.350. The van der Waals surface area contributed by atoms with Gasteiger partial charge < -0.3 is 24.1 Å². The first-order valence-electron chi connectivity index (χ1n) is 9.00. The van der Waals surface area contributed by atoms with Crippen molar-refractivity contribution < 1.29 is 28.6 Å². The minimum absolute atomic E-state index is 0.127. The van der Waals surface area contributed by atoms with E-state index in [0.29, 0.717) is 36.8 Å². The first kappa shape index (κ1) is 19.5. The lowest BCUT2D eigenvalue weighted by atomic mass is 10.2. The van der Waals surface area contributed by atoms with Crippen LogP contribution in [0.2, 0.25) is 0 Å². The van der Waals surface area contributed by atoms with Crippen LogP contribution in [0.1, 0.15) is 34.7 Å². The van der Waals surface area contributed by atoms with E-state index in [1.54, 1.807) is 4.90 Å². The van der Waals surface area contributed by atoms with Gasteiger partial charge in [0.1, 0.15) is 12.3 Å². The Labute approximate surface area is 162 Å². The number of hydrogen-bond donors (Lipinski definition) is 1. The van der Waals surface area contributed by atoms with Crippen molar-refractivity contribution in [3.05, 3.63) is 47.8 Å². The van der Waals surface area contributed by atoms with Crippen molar-refractivity contribution in [1.82, 2.24) is 9.88 Å². The Hall–Kier alpha value is -3.29. The molecular formula is C20H22N2O6. The van der Waals surface area contributed by atoms with E-state index in [0.717, 1.165) is 0 Å². The third-order valence-electron chi connectivity index (χ3n) is 4.36. The summed E-state index contributed by atoms with van der Waals surface area (Å²) in [6.07, 6.45) is 1.12. The summed E-state index contributed by atoms with van der Waals surface area (Å²) in [4.78, 5) is 40.0. The summed E-state index contributed by atoms with van der Waals surface area (Å²) in [6.45, 7) is 3.92. The number of aromatic amines is 1. The number of nitrogens with zero attached hydrogens (tertiary/aromatic N) is 1. The van der Waals surface area contributed by atoms with Crippen molar-refractivity contribution in [2.24, 2.45) is 0 Å². The number of fused-ring (bicyclic) bond motifs is 1. The lowest BCUT2D eigenvalue weighted by Crippen LogP contribution is -2.45. The molecule has 28 heavy (non-hydrogen) atoms. The van der Waals surface area contributed by atoms with Crippen LogP contribution < -0.4 is 9.47 Å². The zero-order valence-electron chi connectivity index (χ0n) is 15.8. The maximum atomic E-state index is 12.4. The number of carbonyl (C=O) groups excluding carboxylic acids is 3. The predicted molar refractivity (Wildman–Crippen MR) is 99.7 cm³/mol. The molecule has 1 atom stereocenters. The van der Waals surface area contributed by atoms with Crippen LogP contribution in [-0.4, -0.2) is 60.0 Å². The zero-order valence-corrected chi connectivity index (χ0v) is 15.8. The number of ketones is 1. The maximum absolute atomic E-state index is 12.4. The van der Waals surface area contributed by atoms with Gasteiger partial charge in [-0.3, -0.25) is 9.59 Å². The second-order valence-corrected chi connectivity index (χ2v) is 6.36.